The van der Waals surface area contributed by atoms with Gasteiger partial charge in [-0.1, -0.05) is 51.0 Å². The number of hydrogen-bond acceptors (Lipinski definition) is 12. The highest BCUT2D eigenvalue weighted by Gasteiger charge is 2.36. The van der Waals surface area contributed by atoms with Crippen LogP contribution in [-0.2, 0) is 29.2 Å². The lowest BCUT2D eigenvalue weighted by Gasteiger charge is -2.35. The SMILES string of the molecule is CC=CC(C)(CCCC)C(=O)N(CCC(=O)N(C)CCCOc1cc(C=O)cc2nc(NC)n(C/C=C/Cn3c4nc(-c5cc(C)nn5CC)ncc4c4cc(C(N)=O)nc(C)c43)c12)C(O)CC. The van der Waals surface area contributed by atoms with Gasteiger partial charge >= 0.3 is 0 Å². The van der Waals surface area contributed by atoms with Gasteiger partial charge < -0.3 is 39.8 Å². The van der Waals surface area contributed by atoms with E-state index in [1.165, 1.54) is 4.90 Å². The molecule has 2 unspecified atom stereocenters. The van der Waals surface area contributed by atoms with Crippen LogP contribution in [0.25, 0.3) is 44.5 Å². The number of pyridine rings is 1. The minimum absolute atomic E-state index is 0.0603. The Bertz CT molecular complexity index is 2860. The van der Waals surface area contributed by atoms with Gasteiger partial charge in [-0.15, -0.1) is 0 Å². The average molecular weight is 931 g/mol. The maximum Gasteiger partial charge on any atom is 0.267 e. The number of nitrogens with zero attached hydrogens (tertiary/aromatic N) is 10. The molecule has 6 rings (SSSR count). The number of imidazole rings is 1. The number of anilines is 1. The number of ether oxygens (including phenoxy) is 1. The second-order valence-electron chi connectivity index (χ2n) is 17.3. The standard InChI is InChI=1S/C50H66N12O6/c1-10-14-20-50(7,19-11-2)48(67)59(41(64)12-3)24-18-42(65)58(9)21-17-25-68-40-28-34(31-63)27-37-44(40)61(49(52-8)55-37)23-16-15-22-60-43-33(6)54-38(45(51)66)29-35(43)36-30-53-46(56-47(36)60)39-26-32(5)57-62(39)13-4/h11,15-16,19,26-31,41,64H,10,12-14,17-18,20-25H2,1-9H3,(H2,51,66)(H,52,55)/b16-15+,19-11?. The van der Waals surface area contributed by atoms with Crippen molar-refractivity contribution >= 4 is 62.9 Å². The van der Waals surface area contributed by atoms with Crippen molar-refractivity contribution < 1.29 is 29.0 Å². The predicted octanol–water partition coefficient (Wildman–Crippen LogP) is 6.99. The number of benzene rings is 1. The van der Waals surface area contributed by atoms with Gasteiger partial charge in [0.2, 0.25) is 17.8 Å². The van der Waals surface area contributed by atoms with E-state index in [1.54, 1.807) is 43.4 Å². The summed E-state index contributed by atoms with van der Waals surface area (Å²) in [7, 11) is 3.49. The Kier molecular flexibility index (Phi) is 16.5. The number of aromatic nitrogens is 8. The summed E-state index contributed by atoms with van der Waals surface area (Å²) < 4.78 is 12.2. The van der Waals surface area contributed by atoms with Gasteiger partial charge in [0.15, 0.2) is 5.82 Å². The van der Waals surface area contributed by atoms with E-state index >= 15 is 0 Å². The van der Waals surface area contributed by atoms with Crippen molar-refractivity contribution in [3.63, 3.8) is 0 Å². The van der Waals surface area contributed by atoms with Crippen LogP contribution in [0.5, 0.6) is 5.75 Å². The molecule has 3 amide bonds. The number of aliphatic hydroxyl groups is 1. The normalized spacial score (nSPS) is 13.2. The molecule has 1 aromatic carbocycles. The Hall–Kier alpha value is -6.95. The van der Waals surface area contributed by atoms with Gasteiger partial charge in [-0.3, -0.25) is 23.9 Å². The second kappa shape index (κ2) is 22.2. The number of carbonyl (C=O) groups excluding carboxylic acids is 4. The van der Waals surface area contributed by atoms with Crippen molar-refractivity contribution in [3.8, 4) is 17.3 Å². The summed E-state index contributed by atoms with van der Waals surface area (Å²) in [5, 5.41) is 20.1. The number of aliphatic hydroxyl groups excluding tert-OH is 1. The van der Waals surface area contributed by atoms with Crippen LogP contribution in [0.4, 0.5) is 5.95 Å². The van der Waals surface area contributed by atoms with Crippen LogP contribution in [0.3, 0.4) is 0 Å². The third-order valence-corrected chi connectivity index (χ3v) is 12.3. The molecule has 5 heterocycles. The van der Waals surface area contributed by atoms with Gasteiger partial charge in [0.25, 0.3) is 5.91 Å². The quantitative estimate of drug-likeness (QED) is 0.0242. The van der Waals surface area contributed by atoms with Crippen LogP contribution < -0.4 is 15.8 Å². The van der Waals surface area contributed by atoms with E-state index in [9.17, 15) is 24.3 Å². The maximum atomic E-state index is 13.8. The predicted molar refractivity (Wildman–Crippen MR) is 264 cm³/mol. The highest BCUT2D eigenvalue weighted by Crippen LogP contribution is 2.34. The van der Waals surface area contributed by atoms with Gasteiger partial charge in [0, 0.05) is 75.8 Å². The maximum absolute atomic E-state index is 13.8. The summed E-state index contributed by atoms with van der Waals surface area (Å²) in [6.07, 6.45) is 12.7. The minimum Gasteiger partial charge on any atom is -0.491 e. The Balaban J connectivity index is 1.19. The smallest absolute Gasteiger partial charge is 0.267 e. The van der Waals surface area contributed by atoms with Crippen molar-refractivity contribution in [1.29, 1.82) is 0 Å². The van der Waals surface area contributed by atoms with E-state index in [0.29, 0.717) is 90.9 Å². The molecule has 6 aromatic rings. The molecule has 362 valence electrons. The Morgan fingerprint density at radius 1 is 0.985 bits per heavy atom. The zero-order valence-electron chi connectivity index (χ0n) is 40.9. The Morgan fingerprint density at radius 2 is 1.74 bits per heavy atom. The number of primary amides is 1. The van der Waals surface area contributed by atoms with Crippen LogP contribution in [0, 0.1) is 19.3 Å². The van der Waals surface area contributed by atoms with E-state index in [2.05, 4.69) is 26.9 Å². The van der Waals surface area contributed by atoms with Crippen molar-refractivity contribution in [2.75, 3.05) is 39.1 Å². The molecule has 0 saturated carbocycles. The van der Waals surface area contributed by atoms with Crippen LogP contribution >= 0.6 is 0 Å². The topological polar surface area (TPSA) is 222 Å². The number of aryl methyl sites for hydroxylation is 3. The van der Waals surface area contributed by atoms with E-state index < -0.39 is 17.6 Å². The molecule has 18 nitrogen and oxygen atoms in total. The van der Waals surface area contributed by atoms with Crippen molar-refractivity contribution in [3.05, 3.63) is 77.4 Å². The first-order valence-corrected chi connectivity index (χ1v) is 23.5. The Labute approximate surface area is 397 Å². The lowest BCUT2D eigenvalue weighted by molar-refractivity contribution is -0.150. The summed E-state index contributed by atoms with van der Waals surface area (Å²) in [6, 6.07) is 7.05. The molecule has 0 aliphatic heterocycles. The molecule has 0 fully saturated rings. The first-order chi connectivity index (χ1) is 32.6. The van der Waals surface area contributed by atoms with Gasteiger partial charge in [-0.2, -0.15) is 5.10 Å². The summed E-state index contributed by atoms with van der Waals surface area (Å²) in [6.45, 7) is 15.6. The van der Waals surface area contributed by atoms with Gasteiger partial charge in [-0.05, 0) is 78.1 Å². The third kappa shape index (κ3) is 10.8. The monoisotopic (exact) mass is 931 g/mol. The van der Waals surface area contributed by atoms with Gasteiger partial charge in [0.1, 0.15) is 40.8 Å². The Morgan fingerprint density at radius 3 is 2.40 bits per heavy atom. The number of amides is 3. The van der Waals surface area contributed by atoms with Crippen LogP contribution in [0.1, 0.15) is 105 Å². The highest BCUT2D eigenvalue weighted by atomic mass is 16.5. The number of unbranched alkanes of at least 4 members (excludes halogenated alkanes) is 1. The molecule has 2 atom stereocenters. The van der Waals surface area contributed by atoms with Crippen LogP contribution in [0.2, 0.25) is 0 Å². The number of aldehydes is 1. The molecule has 0 spiro atoms. The number of hydrogen-bond donors (Lipinski definition) is 3. The molecule has 0 saturated heterocycles. The van der Waals surface area contributed by atoms with Crippen molar-refractivity contribution in [2.24, 2.45) is 11.1 Å². The third-order valence-electron chi connectivity index (χ3n) is 12.3. The van der Waals surface area contributed by atoms with Gasteiger partial charge in [-0.25, -0.2) is 19.9 Å². The number of carbonyl (C=O) groups is 4. The van der Waals surface area contributed by atoms with Crippen molar-refractivity contribution in [1.82, 2.24) is 48.7 Å². The summed E-state index contributed by atoms with van der Waals surface area (Å²) in [4.78, 5) is 73.7. The van der Waals surface area contributed by atoms with Crippen LogP contribution in [0.15, 0.2) is 54.8 Å². The molecule has 0 bridgehead atoms. The number of fused-ring (bicyclic) bond motifs is 4. The van der Waals surface area contributed by atoms with E-state index in [4.69, 9.17) is 25.4 Å². The minimum atomic E-state index is -0.996. The fraction of sp³-hybridized carbons (Fsp3) is 0.460. The first kappa shape index (κ1) is 50.5. The molecule has 18 heteroatoms. The molecular formula is C50H66N12O6. The average Bonchev–Trinajstić information content (AvgIpc) is 4.00. The highest BCUT2D eigenvalue weighted by molar-refractivity contribution is 6.09. The zero-order chi connectivity index (χ0) is 49.3. The second-order valence-corrected chi connectivity index (χ2v) is 17.3. The number of nitrogens with two attached hydrogens (primary N) is 1. The number of rotatable bonds is 24. The molecular weight excluding hydrogens is 865 g/mol. The molecule has 0 aliphatic carbocycles. The first-order valence-electron chi connectivity index (χ1n) is 23.5. The molecule has 0 aliphatic rings. The zero-order valence-corrected chi connectivity index (χ0v) is 40.9. The summed E-state index contributed by atoms with van der Waals surface area (Å²) in [5.74, 6) is 0.586. The molecule has 0 radical (unpaired) electrons. The lowest BCUT2D eigenvalue weighted by atomic mass is 9.82. The fourth-order valence-electron chi connectivity index (χ4n) is 8.76. The van der Waals surface area contributed by atoms with E-state index in [1.807, 2.05) is 81.2 Å². The fourth-order valence-corrected chi connectivity index (χ4v) is 8.76. The van der Waals surface area contributed by atoms with E-state index in [-0.39, 0.29) is 37.1 Å². The van der Waals surface area contributed by atoms with Gasteiger partial charge in [0.05, 0.1) is 34.4 Å². The number of nitrogens with one attached hydrogen (secondary N) is 1. The largest absolute Gasteiger partial charge is 0.491 e. The molecule has 4 N–H and O–H groups in total. The summed E-state index contributed by atoms with van der Waals surface area (Å²) >= 11 is 0. The molecule has 5 aromatic heterocycles. The summed E-state index contributed by atoms with van der Waals surface area (Å²) in [5.41, 5.74) is 10.5. The van der Waals surface area contributed by atoms with E-state index in [0.717, 1.165) is 46.8 Å². The van der Waals surface area contributed by atoms with Crippen molar-refractivity contribution in [2.45, 2.75) is 113 Å². The number of allylic oxidation sites excluding steroid dienone is 3. The molecule has 68 heavy (non-hydrogen) atoms. The van der Waals surface area contributed by atoms with Crippen LogP contribution in [-0.4, -0.2) is 118 Å². The lowest BCUT2D eigenvalue weighted by Crippen LogP contribution is -2.48.